The lowest BCUT2D eigenvalue weighted by atomic mass is 9.34. The number of hydrogen-bond donors (Lipinski definition) is 1. The summed E-state index contributed by atoms with van der Waals surface area (Å²) in [7, 11) is 0. The molecule has 0 unspecified atom stereocenters. The predicted molar refractivity (Wildman–Crippen MR) is 150 cm³/mol. The molecule has 226 valence electrons. The lowest BCUT2D eigenvalue weighted by Gasteiger charge is -2.71. The summed E-state index contributed by atoms with van der Waals surface area (Å²) in [6.45, 7) is 14.8. The molecule has 0 aromatic heterocycles. The maximum Gasteiger partial charge on any atom is 0.334 e. The van der Waals surface area contributed by atoms with Crippen LogP contribution in [0.15, 0.2) is 22.8 Å². The Morgan fingerprint density at radius 2 is 1.66 bits per heavy atom. The van der Waals surface area contributed by atoms with E-state index >= 15 is 0 Å². The standard InChI is InChI=1S/C33H46O8/c1-18(13-25(35)36)14-26(37)41-23-15-32(6)21-17-39-29(38)20(21)9-10-24(32)33(7)16-22(40-19(2)34)27-30(3,4)11-8-12-31(27,5)28(23)33/h13,22-24,27-28H,8-12,14-17H2,1-7H3,(H,35,36)/t22-,23+,24+,27-,28+,31-,32+,33-/m0/s1. The van der Waals surface area contributed by atoms with Crippen LogP contribution in [0.3, 0.4) is 0 Å². The van der Waals surface area contributed by atoms with Crippen molar-refractivity contribution >= 4 is 23.9 Å². The fourth-order valence-corrected chi connectivity index (χ4v) is 11.1. The molecule has 8 nitrogen and oxygen atoms in total. The van der Waals surface area contributed by atoms with E-state index in [0.29, 0.717) is 24.8 Å². The van der Waals surface area contributed by atoms with E-state index in [1.165, 1.54) is 6.92 Å². The number of ether oxygens (including phenoxy) is 3. The predicted octanol–water partition coefficient (Wildman–Crippen LogP) is 5.78. The van der Waals surface area contributed by atoms with Crippen LogP contribution >= 0.6 is 0 Å². The number of cyclic esters (lactones) is 1. The van der Waals surface area contributed by atoms with Gasteiger partial charge in [-0.2, -0.15) is 0 Å². The molecule has 41 heavy (non-hydrogen) atoms. The quantitative estimate of drug-likeness (QED) is 0.251. The largest absolute Gasteiger partial charge is 0.478 e. The van der Waals surface area contributed by atoms with E-state index in [2.05, 4.69) is 34.6 Å². The van der Waals surface area contributed by atoms with Crippen LogP contribution in [-0.4, -0.2) is 47.8 Å². The first kappa shape index (κ1) is 29.8. The molecule has 0 amide bonds. The lowest BCUT2D eigenvalue weighted by Crippen LogP contribution is -2.69. The number of carboxylic acids is 1. The molecule has 0 saturated heterocycles. The molecule has 3 fully saturated rings. The fourth-order valence-electron chi connectivity index (χ4n) is 11.1. The van der Waals surface area contributed by atoms with Gasteiger partial charge in [-0.3, -0.25) is 9.59 Å². The molecule has 0 spiro atoms. The summed E-state index contributed by atoms with van der Waals surface area (Å²) in [4.78, 5) is 49.8. The smallest absolute Gasteiger partial charge is 0.334 e. The van der Waals surface area contributed by atoms with Gasteiger partial charge >= 0.3 is 23.9 Å². The molecule has 8 heteroatoms. The van der Waals surface area contributed by atoms with Crippen molar-refractivity contribution in [3.63, 3.8) is 0 Å². The van der Waals surface area contributed by atoms with Gasteiger partial charge in [-0.25, -0.2) is 9.59 Å². The van der Waals surface area contributed by atoms with Gasteiger partial charge in [0.15, 0.2) is 0 Å². The first-order valence-electron chi connectivity index (χ1n) is 15.2. The normalized spacial score (nSPS) is 41.3. The molecule has 5 rings (SSSR count). The number of esters is 3. The van der Waals surface area contributed by atoms with Crippen molar-refractivity contribution in [3.8, 4) is 0 Å². The fraction of sp³-hybridized carbons (Fsp3) is 0.758. The minimum absolute atomic E-state index is 0.0114. The molecule has 4 aliphatic carbocycles. The van der Waals surface area contributed by atoms with Crippen LogP contribution in [0.2, 0.25) is 0 Å². The van der Waals surface area contributed by atoms with Gasteiger partial charge in [-0.15, -0.1) is 0 Å². The summed E-state index contributed by atoms with van der Waals surface area (Å²) < 4.78 is 18.2. The van der Waals surface area contributed by atoms with Gasteiger partial charge in [0.2, 0.25) is 0 Å². The highest BCUT2D eigenvalue weighted by molar-refractivity contribution is 5.92. The average Bonchev–Trinajstić information content (AvgIpc) is 3.18. The monoisotopic (exact) mass is 570 g/mol. The van der Waals surface area contributed by atoms with Crippen LogP contribution in [0.4, 0.5) is 0 Å². The van der Waals surface area contributed by atoms with Crippen molar-refractivity contribution in [2.24, 2.45) is 39.4 Å². The molecule has 0 aromatic carbocycles. The molecule has 1 heterocycles. The molecule has 0 radical (unpaired) electrons. The van der Waals surface area contributed by atoms with Crippen molar-refractivity contribution in [3.05, 3.63) is 22.8 Å². The van der Waals surface area contributed by atoms with Gasteiger partial charge < -0.3 is 19.3 Å². The number of aliphatic carboxylic acids is 1. The number of rotatable bonds is 5. The number of fused-ring (bicyclic) bond motifs is 6. The Morgan fingerprint density at radius 1 is 0.976 bits per heavy atom. The Kier molecular flexibility index (Phi) is 7.26. The summed E-state index contributed by atoms with van der Waals surface area (Å²) >= 11 is 0. The Bertz CT molecular complexity index is 1230. The van der Waals surface area contributed by atoms with Crippen molar-refractivity contribution in [1.82, 2.24) is 0 Å². The highest BCUT2D eigenvalue weighted by atomic mass is 16.6. The first-order chi connectivity index (χ1) is 19.0. The van der Waals surface area contributed by atoms with E-state index in [-0.39, 0.29) is 65.1 Å². The van der Waals surface area contributed by atoms with Gasteiger partial charge in [-0.05, 0) is 78.6 Å². The van der Waals surface area contributed by atoms with Crippen LogP contribution in [-0.2, 0) is 33.4 Å². The average molecular weight is 571 g/mol. The van der Waals surface area contributed by atoms with E-state index in [1.54, 1.807) is 6.92 Å². The number of carbonyl (C=O) groups is 4. The number of hydrogen-bond acceptors (Lipinski definition) is 7. The maximum absolute atomic E-state index is 13.4. The zero-order chi connectivity index (χ0) is 30.1. The van der Waals surface area contributed by atoms with Gasteiger partial charge in [-0.1, -0.05) is 46.6 Å². The van der Waals surface area contributed by atoms with Gasteiger partial charge in [0.1, 0.15) is 18.8 Å². The third-order valence-electron chi connectivity index (χ3n) is 11.8. The van der Waals surface area contributed by atoms with Crippen LogP contribution in [0.25, 0.3) is 0 Å². The molecule has 8 atom stereocenters. The molecular weight excluding hydrogens is 524 g/mol. The number of carbonyl (C=O) groups excluding carboxylic acids is 3. The first-order valence-corrected chi connectivity index (χ1v) is 15.2. The van der Waals surface area contributed by atoms with E-state index < -0.39 is 23.5 Å². The molecule has 0 aromatic rings. The Hall–Kier alpha value is -2.64. The Balaban J connectivity index is 1.64. The third-order valence-corrected chi connectivity index (χ3v) is 11.8. The third kappa shape index (κ3) is 4.73. The second-order valence-electron chi connectivity index (χ2n) is 14.9. The number of carboxylic acid groups (broad SMARTS) is 1. The minimum Gasteiger partial charge on any atom is -0.478 e. The second kappa shape index (κ2) is 9.98. The summed E-state index contributed by atoms with van der Waals surface area (Å²) in [6.07, 6.45) is 6.04. The zero-order valence-electron chi connectivity index (χ0n) is 25.6. The van der Waals surface area contributed by atoms with Crippen LogP contribution in [0.1, 0.15) is 99.8 Å². The highest BCUT2D eigenvalue weighted by Crippen LogP contribution is 2.74. The van der Waals surface area contributed by atoms with Gasteiger partial charge in [0, 0.05) is 30.4 Å². The van der Waals surface area contributed by atoms with Crippen molar-refractivity contribution < 1.29 is 38.5 Å². The maximum atomic E-state index is 13.4. The SMILES string of the molecule is CC(=O)O[C@H]1C[C@]2(C)[C@H]([C@H](OC(=O)CC(C)=CC(=O)O)C[C@]3(C)C4=C(CC[C@@H]23)C(=O)OC4)[C@@]2(C)CCCC(C)(C)[C@H]12. The Morgan fingerprint density at radius 3 is 2.32 bits per heavy atom. The van der Waals surface area contributed by atoms with Gasteiger partial charge in [0.25, 0.3) is 0 Å². The summed E-state index contributed by atoms with van der Waals surface area (Å²) in [5.41, 5.74) is 1.14. The summed E-state index contributed by atoms with van der Waals surface area (Å²) in [5, 5.41) is 9.17. The molecular formula is C33H46O8. The van der Waals surface area contributed by atoms with E-state index in [4.69, 9.17) is 19.3 Å². The van der Waals surface area contributed by atoms with Crippen molar-refractivity contribution in [1.29, 1.82) is 0 Å². The molecule has 0 bridgehead atoms. The summed E-state index contributed by atoms with van der Waals surface area (Å²) in [5.74, 6) is -1.74. The van der Waals surface area contributed by atoms with Crippen LogP contribution < -0.4 is 0 Å². The van der Waals surface area contributed by atoms with Crippen LogP contribution in [0.5, 0.6) is 0 Å². The highest BCUT2D eigenvalue weighted by Gasteiger charge is 2.71. The zero-order valence-corrected chi connectivity index (χ0v) is 25.6. The van der Waals surface area contributed by atoms with Crippen LogP contribution in [0, 0.1) is 39.4 Å². The van der Waals surface area contributed by atoms with E-state index in [0.717, 1.165) is 42.9 Å². The lowest BCUT2D eigenvalue weighted by molar-refractivity contribution is -0.265. The molecule has 1 N–H and O–H groups in total. The van der Waals surface area contributed by atoms with Crippen molar-refractivity contribution in [2.75, 3.05) is 6.61 Å². The summed E-state index contributed by atoms with van der Waals surface area (Å²) in [6, 6.07) is 0. The minimum atomic E-state index is -1.09. The second-order valence-corrected chi connectivity index (χ2v) is 14.9. The topological polar surface area (TPSA) is 116 Å². The Labute approximate surface area is 243 Å². The molecule has 1 aliphatic heterocycles. The molecule has 3 saturated carbocycles. The molecule has 5 aliphatic rings. The van der Waals surface area contributed by atoms with E-state index in [1.807, 2.05) is 0 Å². The van der Waals surface area contributed by atoms with Gasteiger partial charge in [0.05, 0.1) is 6.42 Å². The van der Waals surface area contributed by atoms with E-state index in [9.17, 15) is 19.2 Å². The van der Waals surface area contributed by atoms with Crippen molar-refractivity contribution in [2.45, 2.75) is 112 Å².